The Hall–Kier alpha value is -2.05. The minimum absolute atomic E-state index is 0.0515. The molecule has 0 unspecified atom stereocenters. The smallest absolute Gasteiger partial charge is 0.254 e. The van der Waals surface area contributed by atoms with E-state index >= 15 is 0 Å². The van der Waals surface area contributed by atoms with Crippen molar-refractivity contribution in [1.82, 2.24) is 9.88 Å². The molecular formula is C19H15ClF2N2OS. The number of halogens is 3. The van der Waals surface area contributed by atoms with Crippen LogP contribution in [-0.4, -0.2) is 28.9 Å². The number of amides is 1. The maximum atomic E-state index is 13.3. The molecule has 2 aromatic carbocycles. The van der Waals surface area contributed by atoms with Crippen molar-refractivity contribution in [3.8, 4) is 0 Å². The number of likely N-dealkylation sites (tertiary alicyclic amines) is 1. The highest BCUT2D eigenvalue weighted by atomic mass is 35.5. The summed E-state index contributed by atoms with van der Waals surface area (Å²) in [6, 6.07) is 8.60. The third-order valence-corrected chi connectivity index (χ3v) is 6.04. The molecule has 2 heterocycles. The molecule has 4 rings (SSSR count). The van der Waals surface area contributed by atoms with E-state index in [0.717, 1.165) is 46.3 Å². The summed E-state index contributed by atoms with van der Waals surface area (Å²) in [6.45, 7) is 1.08. The van der Waals surface area contributed by atoms with E-state index in [1.54, 1.807) is 16.2 Å². The molecule has 1 fully saturated rings. The molecule has 0 spiro atoms. The summed E-state index contributed by atoms with van der Waals surface area (Å²) in [5, 5.41) is 1.71. The lowest BCUT2D eigenvalue weighted by Gasteiger charge is -2.31. The predicted molar refractivity (Wildman–Crippen MR) is 98.9 cm³/mol. The zero-order valence-corrected chi connectivity index (χ0v) is 15.3. The number of carbonyl (C=O) groups is 1. The van der Waals surface area contributed by atoms with Crippen LogP contribution in [0.1, 0.15) is 34.1 Å². The summed E-state index contributed by atoms with van der Waals surface area (Å²) in [5.74, 6) is -1.54. The van der Waals surface area contributed by atoms with E-state index in [9.17, 15) is 13.6 Å². The van der Waals surface area contributed by atoms with Crippen LogP contribution in [0.25, 0.3) is 10.2 Å². The van der Waals surface area contributed by atoms with Crippen molar-refractivity contribution in [3.63, 3.8) is 0 Å². The molecular weight excluding hydrogens is 378 g/mol. The summed E-state index contributed by atoms with van der Waals surface area (Å²) >= 11 is 7.67. The second-order valence-electron chi connectivity index (χ2n) is 6.39. The van der Waals surface area contributed by atoms with Gasteiger partial charge in [-0.2, -0.15) is 0 Å². The number of fused-ring (bicyclic) bond motifs is 1. The molecule has 0 aliphatic carbocycles. The number of thiazole rings is 1. The summed E-state index contributed by atoms with van der Waals surface area (Å²) in [4.78, 5) is 18.8. The number of hydrogen-bond acceptors (Lipinski definition) is 3. The van der Waals surface area contributed by atoms with E-state index in [2.05, 4.69) is 4.98 Å². The first-order valence-electron chi connectivity index (χ1n) is 8.31. The van der Waals surface area contributed by atoms with E-state index in [1.165, 1.54) is 0 Å². The molecule has 134 valence electrons. The Kier molecular flexibility index (Phi) is 4.63. The SMILES string of the molecule is O=C(c1cc(F)cc(F)c1)N1CCC(c2nc3cc(Cl)ccc3s2)CC1. The minimum atomic E-state index is -0.739. The van der Waals surface area contributed by atoms with Gasteiger partial charge in [0.1, 0.15) is 11.6 Å². The highest BCUT2D eigenvalue weighted by Crippen LogP contribution is 2.35. The highest BCUT2D eigenvalue weighted by molar-refractivity contribution is 7.18. The van der Waals surface area contributed by atoms with Crippen molar-refractivity contribution < 1.29 is 13.6 Å². The van der Waals surface area contributed by atoms with Gasteiger partial charge in [-0.25, -0.2) is 13.8 Å². The van der Waals surface area contributed by atoms with Gasteiger partial charge in [0, 0.05) is 35.7 Å². The van der Waals surface area contributed by atoms with Crippen molar-refractivity contribution in [3.05, 3.63) is 63.6 Å². The molecule has 1 aliphatic rings. The molecule has 1 aliphatic heterocycles. The minimum Gasteiger partial charge on any atom is -0.339 e. The Labute approximate surface area is 158 Å². The van der Waals surface area contributed by atoms with Gasteiger partial charge in [-0.1, -0.05) is 11.6 Å². The zero-order valence-electron chi connectivity index (χ0n) is 13.7. The van der Waals surface area contributed by atoms with E-state index in [1.807, 2.05) is 18.2 Å². The van der Waals surface area contributed by atoms with Crippen molar-refractivity contribution in [2.75, 3.05) is 13.1 Å². The summed E-state index contributed by atoms with van der Waals surface area (Å²) < 4.78 is 27.8. The van der Waals surface area contributed by atoms with Crippen LogP contribution >= 0.6 is 22.9 Å². The van der Waals surface area contributed by atoms with E-state index in [-0.39, 0.29) is 17.4 Å². The summed E-state index contributed by atoms with van der Waals surface area (Å²) in [5.41, 5.74) is 0.946. The third kappa shape index (κ3) is 3.44. The first-order valence-corrected chi connectivity index (χ1v) is 9.50. The Balaban J connectivity index is 1.47. The van der Waals surface area contributed by atoms with Gasteiger partial charge in [-0.05, 0) is 43.2 Å². The van der Waals surface area contributed by atoms with Gasteiger partial charge in [-0.15, -0.1) is 11.3 Å². The molecule has 1 amide bonds. The zero-order chi connectivity index (χ0) is 18.3. The van der Waals surface area contributed by atoms with Gasteiger partial charge in [0.2, 0.25) is 0 Å². The molecule has 0 bridgehead atoms. The largest absolute Gasteiger partial charge is 0.339 e. The van der Waals surface area contributed by atoms with Crippen LogP contribution < -0.4 is 0 Å². The normalized spacial score (nSPS) is 15.6. The fraction of sp³-hybridized carbons (Fsp3) is 0.263. The molecule has 1 saturated heterocycles. The standard InChI is InChI=1S/C19H15ClF2N2OS/c20-13-1-2-17-16(9-13)23-18(26-17)11-3-5-24(6-4-11)19(25)12-7-14(21)10-15(22)8-12/h1-2,7-11H,3-6H2. The molecule has 0 N–H and O–H groups in total. The summed E-state index contributed by atoms with van der Waals surface area (Å²) in [6.07, 6.45) is 1.55. The van der Waals surface area contributed by atoms with E-state index in [4.69, 9.17) is 11.6 Å². The van der Waals surface area contributed by atoms with E-state index < -0.39 is 11.6 Å². The van der Waals surface area contributed by atoms with Crippen LogP contribution in [-0.2, 0) is 0 Å². The Morgan fingerprint density at radius 2 is 1.81 bits per heavy atom. The molecule has 26 heavy (non-hydrogen) atoms. The average Bonchev–Trinajstić information content (AvgIpc) is 3.03. The van der Waals surface area contributed by atoms with Gasteiger partial charge in [0.05, 0.1) is 15.2 Å². The summed E-state index contributed by atoms with van der Waals surface area (Å²) in [7, 11) is 0. The Bertz CT molecular complexity index is 963. The lowest BCUT2D eigenvalue weighted by molar-refractivity contribution is 0.0712. The van der Waals surface area contributed by atoms with E-state index in [0.29, 0.717) is 18.1 Å². The highest BCUT2D eigenvalue weighted by Gasteiger charge is 2.27. The molecule has 7 heteroatoms. The van der Waals surface area contributed by atoms with Gasteiger partial charge in [-0.3, -0.25) is 4.79 Å². The lowest BCUT2D eigenvalue weighted by Crippen LogP contribution is -2.38. The van der Waals surface area contributed by atoms with Crippen molar-refractivity contribution >= 4 is 39.1 Å². The van der Waals surface area contributed by atoms with Crippen LogP contribution in [0, 0.1) is 11.6 Å². The van der Waals surface area contributed by atoms with Gasteiger partial charge < -0.3 is 4.90 Å². The molecule has 3 aromatic rings. The lowest BCUT2D eigenvalue weighted by atomic mass is 9.97. The van der Waals surface area contributed by atoms with Crippen LogP contribution in [0.15, 0.2) is 36.4 Å². The van der Waals surface area contributed by atoms with Gasteiger partial charge in [0.15, 0.2) is 0 Å². The number of carbonyl (C=O) groups excluding carboxylic acids is 1. The van der Waals surface area contributed by atoms with Gasteiger partial charge >= 0.3 is 0 Å². The van der Waals surface area contributed by atoms with Crippen LogP contribution in [0.2, 0.25) is 5.02 Å². The molecule has 3 nitrogen and oxygen atoms in total. The van der Waals surface area contributed by atoms with Crippen molar-refractivity contribution in [2.24, 2.45) is 0 Å². The van der Waals surface area contributed by atoms with Crippen molar-refractivity contribution in [2.45, 2.75) is 18.8 Å². The first kappa shape index (κ1) is 17.4. The maximum absolute atomic E-state index is 13.3. The average molecular weight is 393 g/mol. The first-order chi connectivity index (χ1) is 12.5. The number of benzene rings is 2. The number of aromatic nitrogens is 1. The van der Waals surface area contributed by atoms with Crippen LogP contribution in [0.3, 0.4) is 0 Å². The maximum Gasteiger partial charge on any atom is 0.254 e. The molecule has 0 saturated carbocycles. The number of nitrogens with zero attached hydrogens (tertiary/aromatic N) is 2. The van der Waals surface area contributed by atoms with Gasteiger partial charge in [0.25, 0.3) is 5.91 Å². The Morgan fingerprint density at radius 1 is 1.12 bits per heavy atom. The second kappa shape index (κ2) is 6.93. The fourth-order valence-electron chi connectivity index (χ4n) is 3.28. The predicted octanol–water partition coefficient (Wildman–Crippen LogP) is 5.25. The molecule has 0 atom stereocenters. The van der Waals surface area contributed by atoms with Crippen LogP contribution in [0.4, 0.5) is 8.78 Å². The number of hydrogen-bond donors (Lipinski definition) is 0. The van der Waals surface area contributed by atoms with Crippen LogP contribution in [0.5, 0.6) is 0 Å². The number of rotatable bonds is 2. The topological polar surface area (TPSA) is 33.2 Å². The second-order valence-corrected chi connectivity index (χ2v) is 7.89. The third-order valence-electron chi connectivity index (χ3n) is 4.61. The number of piperidine rings is 1. The monoisotopic (exact) mass is 392 g/mol. The van der Waals surface area contributed by atoms with Crippen molar-refractivity contribution in [1.29, 1.82) is 0 Å². The molecule has 1 aromatic heterocycles. The quantitative estimate of drug-likeness (QED) is 0.597. The Morgan fingerprint density at radius 3 is 2.50 bits per heavy atom. The fourth-order valence-corrected chi connectivity index (χ4v) is 4.57. The molecule has 0 radical (unpaired) electrons.